The van der Waals surface area contributed by atoms with Crippen LogP contribution >= 0.6 is 8.25 Å². The van der Waals surface area contributed by atoms with E-state index in [4.69, 9.17) is 14.2 Å². The molecular weight excluding hydrogens is 325 g/mol. The van der Waals surface area contributed by atoms with Crippen LogP contribution in [-0.4, -0.2) is 43.3 Å². The summed E-state index contributed by atoms with van der Waals surface area (Å²) in [5, 5.41) is 9.41. The number of hydrogen-bond donors (Lipinski definition) is 3. The van der Waals surface area contributed by atoms with Gasteiger partial charge in [0.25, 0.3) is 5.56 Å². The normalized spacial score (nSPS) is 28.4. The van der Waals surface area contributed by atoms with E-state index in [0.717, 1.165) is 0 Å². The lowest BCUT2D eigenvalue weighted by molar-refractivity contribution is -0.0448. The Morgan fingerprint density at radius 2 is 2.30 bits per heavy atom. The smallest absolute Gasteiger partial charge is 0.394 e. The van der Waals surface area contributed by atoms with Crippen LogP contribution in [0.25, 0.3) is 11.0 Å². The molecule has 3 rings (SSSR count). The predicted molar refractivity (Wildman–Crippen MR) is 79.9 cm³/mol. The maximum atomic E-state index is 11.9. The Morgan fingerprint density at radius 1 is 1.57 bits per heavy atom. The van der Waals surface area contributed by atoms with Crippen molar-refractivity contribution in [2.24, 2.45) is 5.92 Å². The second-order valence-corrected chi connectivity index (χ2v) is 6.27. The van der Waals surface area contributed by atoms with Gasteiger partial charge in [0.05, 0.1) is 24.6 Å². The molecule has 0 saturated carbocycles. The van der Waals surface area contributed by atoms with E-state index in [0.29, 0.717) is 11.2 Å². The second-order valence-electron chi connectivity index (χ2n) is 5.58. The molecule has 2 unspecified atom stereocenters. The van der Waals surface area contributed by atoms with Gasteiger partial charge in [-0.1, -0.05) is 6.92 Å². The van der Waals surface area contributed by atoms with Crippen LogP contribution in [0.3, 0.4) is 0 Å². The van der Waals surface area contributed by atoms with Crippen molar-refractivity contribution in [3.05, 3.63) is 28.4 Å². The third-order valence-corrected chi connectivity index (χ3v) is 4.50. The Labute approximate surface area is 131 Å². The van der Waals surface area contributed by atoms with Gasteiger partial charge in [-0.15, -0.1) is 9.42 Å². The highest BCUT2D eigenvalue weighted by molar-refractivity contribution is 7.32. The molecule has 2 aromatic heterocycles. The van der Waals surface area contributed by atoms with E-state index in [-0.39, 0.29) is 23.6 Å². The van der Waals surface area contributed by atoms with E-state index in [1.807, 2.05) is 0 Å². The summed E-state index contributed by atoms with van der Waals surface area (Å²) in [5.74, 6) is -0.309. The van der Waals surface area contributed by atoms with E-state index in [2.05, 4.69) is 9.97 Å². The maximum absolute atomic E-state index is 11.9. The van der Waals surface area contributed by atoms with Crippen molar-refractivity contribution in [1.29, 1.82) is 0 Å². The Hall–Kier alpha value is -1.64. The number of aliphatic hydroxyl groups excluding tert-OH is 1. The molecule has 9 nitrogen and oxygen atoms in total. The number of aromatic nitrogens is 3. The lowest BCUT2D eigenvalue weighted by Crippen LogP contribution is -2.26. The number of aromatic amines is 1. The zero-order valence-corrected chi connectivity index (χ0v) is 13.4. The molecule has 1 fully saturated rings. The van der Waals surface area contributed by atoms with E-state index in [1.165, 1.54) is 6.33 Å². The predicted octanol–water partition coefficient (Wildman–Crippen LogP) is 0.594. The van der Waals surface area contributed by atoms with E-state index in [1.54, 1.807) is 24.5 Å². The number of nitrogens with zero attached hydrogens (tertiary/aromatic N) is 2. The summed E-state index contributed by atoms with van der Waals surface area (Å²) < 4.78 is 23.6. The third-order valence-electron chi connectivity index (χ3n) is 4.08. The van der Waals surface area contributed by atoms with Crippen LogP contribution in [0, 0.1) is 12.8 Å². The van der Waals surface area contributed by atoms with Gasteiger partial charge in [0, 0.05) is 16.2 Å². The molecule has 1 aliphatic heterocycles. The molecule has 0 spiro atoms. The number of aliphatic hydroxyl groups is 1. The standard InChI is InChI=1S/C13H16N3O6P/c1-6-3-8-10(12(18)15-6)14-5-16(8)13-11(22-23(19)20)7(2)9(4-17)21-13/h3,5,7,9,11,13,17H,4H2,1-2H3,(H-,15,18,19,20)/p+1/t7?,9-,11+,13-/m1/s1. The largest absolute Gasteiger partial charge is 0.695 e. The first-order valence-electron chi connectivity index (χ1n) is 7.08. The molecule has 10 heteroatoms. The van der Waals surface area contributed by atoms with Crippen LogP contribution in [0.2, 0.25) is 0 Å². The second kappa shape index (κ2) is 6.10. The number of hydrogen-bond acceptors (Lipinski definition) is 6. The van der Waals surface area contributed by atoms with Crippen LogP contribution in [0.15, 0.2) is 17.2 Å². The number of ether oxygens (including phenoxy) is 1. The van der Waals surface area contributed by atoms with Crippen molar-refractivity contribution in [1.82, 2.24) is 14.5 Å². The van der Waals surface area contributed by atoms with E-state index >= 15 is 0 Å². The molecule has 3 heterocycles. The lowest BCUT2D eigenvalue weighted by Gasteiger charge is -2.17. The summed E-state index contributed by atoms with van der Waals surface area (Å²) in [6.07, 6.45) is -0.630. The summed E-state index contributed by atoms with van der Waals surface area (Å²) in [4.78, 5) is 27.8. The summed E-state index contributed by atoms with van der Waals surface area (Å²) in [6, 6.07) is 1.74. The molecule has 0 radical (unpaired) electrons. The van der Waals surface area contributed by atoms with Gasteiger partial charge in [-0.25, -0.2) is 4.98 Å². The van der Waals surface area contributed by atoms with Crippen LogP contribution in [0.5, 0.6) is 0 Å². The number of pyridine rings is 1. The monoisotopic (exact) mass is 342 g/mol. The van der Waals surface area contributed by atoms with Crippen LogP contribution in [-0.2, 0) is 13.8 Å². The van der Waals surface area contributed by atoms with Gasteiger partial charge in [-0.3, -0.25) is 4.79 Å². The average molecular weight is 342 g/mol. The van der Waals surface area contributed by atoms with Crippen molar-refractivity contribution in [2.45, 2.75) is 32.3 Å². The number of H-pyrrole nitrogens is 1. The minimum atomic E-state index is -2.83. The van der Waals surface area contributed by atoms with Crippen molar-refractivity contribution in [3.8, 4) is 0 Å². The molecule has 0 aliphatic carbocycles. The minimum Gasteiger partial charge on any atom is -0.394 e. The molecule has 2 aromatic rings. The first-order valence-corrected chi connectivity index (χ1v) is 8.21. The van der Waals surface area contributed by atoms with Gasteiger partial charge < -0.3 is 19.4 Å². The topological polar surface area (TPSA) is 127 Å². The van der Waals surface area contributed by atoms with Crippen molar-refractivity contribution < 1.29 is 23.8 Å². The average Bonchev–Trinajstić information content (AvgIpc) is 3.01. The Morgan fingerprint density at radius 3 is 2.96 bits per heavy atom. The number of rotatable bonds is 4. The lowest BCUT2D eigenvalue weighted by atomic mass is 10.0. The highest BCUT2D eigenvalue weighted by atomic mass is 31.1. The minimum absolute atomic E-state index is 0.242. The fraction of sp³-hybridized carbons (Fsp3) is 0.538. The molecule has 124 valence electrons. The molecule has 23 heavy (non-hydrogen) atoms. The number of imidazole rings is 1. The molecule has 0 amide bonds. The van der Waals surface area contributed by atoms with Crippen molar-refractivity contribution in [3.63, 3.8) is 0 Å². The first kappa shape index (κ1) is 16.2. The zero-order chi connectivity index (χ0) is 16.7. The Kier molecular flexibility index (Phi) is 4.31. The van der Waals surface area contributed by atoms with E-state index < -0.39 is 26.7 Å². The summed E-state index contributed by atoms with van der Waals surface area (Å²) in [5.41, 5.74) is 1.10. The van der Waals surface area contributed by atoms with Gasteiger partial charge in [0.1, 0.15) is 0 Å². The van der Waals surface area contributed by atoms with Gasteiger partial charge in [-0.2, -0.15) is 0 Å². The zero-order valence-electron chi connectivity index (χ0n) is 12.5. The first-order chi connectivity index (χ1) is 10.9. The molecular formula is C13H17N3O6P+. The molecule has 0 aromatic carbocycles. The Balaban J connectivity index is 2.08. The molecule has 1 saturated heterocycles. The summed E-state index contributed by atoms with van der Waals surface area (Å²) in [7, 11) is -2.83. The SMILES string of the molecule is Cc1cc2c(ncn2[C@@H]2O[C@H](CO)C(C)[C@@H]2O[P+](=O)O)c(=O)[nH]1. The summed E-state index contributed by atoms with van der Waals surface area (Å²) in [6.45, 7) is 3.26. The summed E-state index contributed by atoms with van der Waals surface area (Å²) >= 11 is 0. The number of fused-ring (bicyclic) bond motifs is 1. The van der Waals surface area contributed by atoms with E-state index in [9.17, 15) is 14.5 Å². The highest BCUT2D eigenvalue weighted by Gasteiger charge is 2.48. The quantitative estimate of drug-likeness (QED) is 0.694. The van der Waals surface area contributed by atoms with Gasteiger partial charge >= 0.3 is 8.25 Å². The van der Waals surface area contributed by atoms with Gasteiger partial charge in [0.2, 0.25) is 0 Å². The third kappa shape index (κ3) is 2.82. The molecule has 0 bridgehead atoms. The number of aryl methyl sites for hydroxylation is 1. The van der Waals surface area contributed by atoms with Crippen molar-refractivity contribution >= 4 is 19.3 Å². The fourth-order valence-electron chi connectivity index (χ4n) is 2.91. The van der Waals surface area contributed by atoms with Crippen LogP contribution in [0.1, 0.15) is 18.8 Å². The Bertz CT molecular complexity index is 803. The van der Waals surface area contributed by atoms with Gasteiger partial charge in [-0.05, 0) is 13.0 Å². The van der Waals surface area contributed by atoms with Crippen LogP contribution < -0.4 is 5.56 Å². The highest BCUT2D eigenvalue weighted by Crippen LogP contribution is 2.40. The molecule has 3 N–H and O–H groups in total. The van der Waals surface area contributed by atoms with Gasteiger partial charge in [0.15, 0.2) is 17.8 Å². The molecule has 5 atom stereocenters. The van der Waals surface area contributed by atoms with Crippen LogP contribution in [0.4, 0.5) is 0 Å². The molecule has 1 aliphatic rings. The van der Waals surface area contributed by atoms with Crippen molar-refractivity contribution in [2.75, 3.05) is 6.61 Å². The maximum Gasteiger partial charge on any atom is 0.695 e. The fourth-order valence-corrected chi connectivity index (χ4v) is 3.41. The number of nitrogens with one attached hydrogen (secondary N) is 1.